The van der Waals surface area contributed by atoms with Gasteiger partial charge in [-0.05, 0) is 148 Å². The van der Waals surface area contributed by atoms with Crippen LogP contribution in [0.5, 0.6) is 0 Å². The molecule has 3 aromatic heterocycles. The number of amides is 2. The molecule has 89 heavy (non-hydrogen) atoms. The van der Waals surface area contributed by atoms with Crippen molar-refractivity contribution in [3.8, 4) is 0 Å². The maximum atomic E-state index is 14.4. The van der Waals surface area contributed by atoms with Gasteiger partial charge in [0.1, 0.15) is 37.5 Å². The van der Waals surface area contributed by atoms with Crippen LogP contribution >= 0.6 is 34.8 Å². The third kappa shape index (κ3) is 21.4. The standard InChI is InChI=1S/2C23H32ClFN4O4S.C14H18ClN3O2S/c2*1-15-19(12-17-8-9-21(20(24)13-17)34(31,32)28(6)7)16(2)29(27-15)14-18(25)10-11-26-22(30)33-23(3,4)5;1-9-12(10(2)17-16-9)7-11-5-6-14(13(15)8-11)21(19,20)18(3)4/h2*8-10,13H,11-12,14H2,1-7H3,(H,26,30);5-6,8H,7H2,1-4H3,(H,16,17)/b2*18-10-;. The molecular formula is C60H82Cl3F2N11O10S3. The molecule has 0 saturated heterocycles. The van der Waals surface area contributed by atoms with Gasteiger partial charge in [0, 0.05) is 108 Å². The van der Waals surface area contributed by atoms with Crippen LogP contribution in [0.4, 0.5) is 18.4 Å². The maximum absolute atomic E-state index is 14.4. The number of aryl methyl sites for hydroxylation is 4. The molecule has 0 aliphatic rings. The summed E-state index contributed by atoms with van der Waals surface area (Å²) in [4.78, 5) is 23.5. The van der Waals surface area contributed by atoms with Gasteiger partial charge >= 0.3 is 12.2 Å². The van der Waals surface area contributed by atoms with Gasteiger partial charge in [-0.3, -0.25) is 14.5 Å². The molecule has 0 spiro atoms. The van der Waals surface area contributed by atoms with E-state index in [9.17, 15) is 43.6 Å². The molecule has 490 valence electrons. The van der Waals surface area contributed by atoms with Crippen LogP contribution in [0.15, 0.2) is 93.1 Å². The molecule has 3 N–H and O–H groups in total. The fourth-order valence-corrected chi connectivity index (χ4v) is 12.8. The Morgan fingerprint density at radius 2 is 0.843 bits per heavy atom. The summed E-state index contributed by atoms with van der Waals surface area (Å²) in [5.41, 5.74) is 9.20. The number of carbonyl (C=O) groups is 2. The number of ether oxygens (including phenoxy) is 2. The highest BCUT2D eigenvalue weighted by atomic mass is 35.5. The van der Waals surface area contributed by atoms with Crippen LogP contribution in [0.25, 0.3) is 0 Å². The Morgan fingerprint density at radius 3 is 1.10 bits per heavy atom. The lowest BCUT2D eigenvalue weighted by atomic mass is 10.0. The van der Waals surface area contributed by atoms with Crippen LogP contribution in [0.3, 0.4) is 0 Å². The number of nitrogens with one attached hydrogen (secondary N) is 3. The van der Waals surface area contributed by atoms with Crippen molar-refractivity contribution in [2.24, 2.45) is 0 Å². The molecule has 0 unspecified atom stereocenters. The molecule has 0 atom stereocenters. The average molecular weight is 1360 g/mol. The zero-order valence-electron chi connectivity index (χ0n) is 53.6. The third-order valence-electron chi connectivity index (χ3n) is 13.3. The Kier molecular flexibility index (Phi) is 26.4. The summed E-state index contributed by atoms with van der Waals surface area (Å²) in [5, 5.41) is 21.4. The van der Waals surface area contributed by atoms with Crippen molar-refractivity contribution in [1.29, 1.82) is 0 Å². The number of hydrogen-bond acceptors (Lipinski definition) is 13. The van der Waals surface area contributed by atoms with E-state index in [0.717, 1.165) is 80.5 Å². The molecule has 0 fully saturated rings. The summed E-state index contributed by atoms with van der Waals surface area (Å²) in [6, 6.07) is 14.7. The Bertz CT molecular complexity index is 3720. The first-order valence-electron chi connectivity index (χ1n) is 27.8. The predicted molar refractivity (Wildman–Crippen MR) is 344 cm³/mol. The number of H-pyrrole nitrogens is 1. The van der Waals surface area contributed by atoms with Gasteiger partial charge in [0.25, 0.3) is 0 Å². The number of carbonyl (C=O) groups excluding carboxylic acids is 2. The number of hydrogen-bond donors (Lipinski definition) is 3. The number of alkyl carbamates (subject to hydrolysis) is 2. The summed E-state index contributed by atoms with van der Waals surface area (Å²) >= 11 is 18.7. The van der Waals surface area contributed by atoms with Gasteiger partial charge in [0.05, 0.1) is 45.2 Å². The van der Waals surface area contributed by atoms with E-state index in [4.69, 9.17) is 44.3 Å². The van der Waals surface area contributed by atoms with Crippen molar-refractivity contribution in [3.63, 3.8) is 0 Å². The number of rotatable bonds is 20. The van der Waals surface area contributed by atoms with Crippen LogP contribution in [0.1, 0.15) is 109 Å². The van der Waals surface area contributed by atoms with Gasteiger partial charge in [-0.1, -0.05) is 53.0 Å². The number of sulfonamides is 3. The molecule has 0 aliphatic carbocycles. The van der Waals surface area contributed by atoms with Gasteiger partial charge in [-0.15, -0.1) is 0 Å². The van der Waals surface area contributed by atoms with Gasteiger partial charge in [0.15, 0.2) is 0 Å². The van der Waals surface area contributed by atoms with Crippen molar-refractivity contribution in [2.45, 2.75) is 141 Å². The minimum absolute atomic E-state index is 0.00634. The zero-order valence-corrected chi connectivity index (χ0v) is 58.3. The first-order chi connectivity index (χ1) is 41.0. The number of halogens is 5. The molecule has 2 amide bonds. The molecule has 3 aromatic carbocycles. The summed E-state index contributed by atoms with van der Waals surface area (Å²) in [5.74, 6) is -0.899. The second-order valence-corrected chi connectivity index (χ2v) is 30.9. The first kappa shape index (κ1) is 75.2. The quantitative estimate of drug-likeness (QED) is 0.0644. The van der Waals surface area contributed by atoms with Crippen molar-refractivity contribution in [2.75, 3.05) is 55.4 Å². The normalized spacial score (nSPS) is 12.7. The van der Waals surface area contributed by atoms with E-state index in [1.807, 2.05) is 41.5 Å². The first-order valence-corrected chi connectivity index (χ1v) is 33.2. The molecule has 0 aliphatic heterocycles. The van der Waals surface area contributed by atoms with Crippen LogP contribution in [0.2, 0.25) is 15.1 Å². The number of benzene rings is 3. The molecule has 6 rings (SSSR count). The minimum Gasteiger partial charge on any atom is -0.444 e. The van der Waals surface area contributed by atoms with Crippen molar-refractivity contribution in [1.82, 2.24) is 53.3 Å². The highest BCUT2D eigenvalue weighted by Crippen LogP contribution is 2.31. The lowest BCUT2D eigenvalue weighted by Crippen LogP contribution is -2.32. The van der Waals surface area contributed by atoms with Crippen LogP contribution in [-0.2, 0) is 71.9 Å². The second-order valence-electron chi connectivity index (χ2n) is 23.3. The van der Waals surface area contributed by atoms with E-state index in [1.54, 1.807) is 93.4 Å². The monoisotopic (exact) mass is 1360 g/mol. The lowest BCUT2D eigenvalue weighted by molar-refractivity contribution is 0.0522. The van der Waals surface area contributed by atoms with Crippen molar-refractivity contribution in [3.05, 3.63) is 161 Å². The van der Waals surface area contributed by atoms with E-state index in [2.05, 4.69) is 31.0 Å². The topological polar surface area (TPSA) is 253 Å². The summed E-state index contributed by atoms with van der Waals surface area (Å²) in [7, 11) is -2.05. The lowest BCUT2D eigenvalue weighted by Gasteiger charge is -2.19. The second kappa shape index (κ2) is 31.2. The highest BCUT2D eigenvalue weighted by Gasteiger charge is 2.25. The average Bonchev–Trinajstić information content (AvgIpc) is 1.71. The molecule has 0 saturated carbocycles. The van der Waals surface area contributed by atoms with Crippen LogP contribution in [0, 0.1) is 41.5 Å². The van der Waals surface area contributed by atoms with E-state index < -0.39 is 65.1 Å². The Hall–Kier alpha value is -6.23. The van der Waals surface area contributed by atoms with E-state index >= 15 is 0 Å². The molecule has 3 heterocycles. The van der Waals surface area contributed by atoms with Gasteiger partial charge in [-0.25, -0.2) is 56.5 Å². The molecule has 6 aromatic rings. The number of nitrogens with zero attached hydrogens (tertiary/aromatic N) is 8. The molecule has 0 radical (unpaired) electrons. The zero-order chi connectivity index (χ0) is 67.5. The molecule has 21 nitrogen and oxygen atoms in total. The van der Waals surface area contributed by atoms with Gasteiger partial charge < -0.3 is 20.1 Å². The number of allylic oxidation sites excluding steroid dienone is 2. The van der Waals surface area contributed by atoms with Gasteiger partial charge in [0.2, 0.25) is 30.1 Å². The Labute approximate surface area is 537 Å². The number of aromatic amines is 1. The van der Waals surface area contributed by atoms with E-state index in [-0.39, 0.29) is 55.9 Å². The van der Waals surface area contributed by atoms with E-state index in [1.165, 1.54) is 66.6 Å². The fourth-order valence-electron chi connectivity index (χ4n) is 8.45. The van der Waals surface area contributed by atoms with Crippen molar-refractivity contribution >= 4 is 77.1 Å². The fraction of sp³-hybridized carbons (Fsp3) is 0.450. The summed E-state index contributed by atoms with van der Waals surface area (Å²) in [6.45, 7) is 21.6. The summed E-state index contributed by atoms with van der Waals surface area (Å²) in [6.07, 6.45) is 2.89. The van der Waals surface area contributed by atoms with Crippen LogP contribution in [-0.4, -0.2) is 147 Å². The number of aromatic nitrogens is 6. The predicted octanol–water partition coefficient (Wildman–Crippen LogP) is 11.3. The minimum atomic E-state index is -3.64. The molecule has 0 bridgehead atoms. The molecule has 29 heteroatoms. The summed E-state index contributed by atoms with van der Waals surface area (Å²) < 4.78 is 119. The molecular weight excluding hydrogens is 1280 g/mol. The smallest absolute Gasteiger partial charge is 0.407 e. The Morgan fingerprint density at radius 1 is 0.539 bits per heavy atom. The largest absolute Gasteiger partial charge is 0.444 e. The third-order valence-corrected chi connectivity index (χ3v) is 20.2. The maximum Gasteiger partial charge on any atom is 0.407 e. The van der Waals surface area contributed by atoms with Gasteiger partial charge in [-0.2, -0.15) is 15.3 Å². The Balaban J connectivity index is 0.000000294. The SMILES string of the molecule is Cc1n[nH]c(C)c1Cc1ccc(S(=O)(=O)N(C)C)c(Cl)c1.Cc1nn(C/C(F)=C/CNC(=O)OC(C)(C)C)c(C)c1Cc1ccc(S(=O)(=O)N(C)C)c(Cl)c1.Cc1nn(C/C(F)=C/CNC(=O)OC(C)(C)C)c(C)c1Cc1ccc(S(=O)(=O)N(C)C)c(Cl)c1. The van der Waals surface area contributed by atoms with Crippen LogP contribution < -0.4 is 10.6 Å². The van der Waals surface area contributed by atoms with E-state index in [0.29, 0.717) is 19.3 Å². The van der Waals surface area contributed by atoms with Crippen molar-refractivity contribution < 1.29 is 53.1 Å². The highest BCUT2D eigenvalue weighted by molar-refractivity contribution is 7.89.